The van der Waals surface area contributed by atoms with Crippen molar-refractivity contribution < 1.29 is 8.42 Å². The largest absolute Gasteiger partial charge is 0.324 e. The van der Waals surface area contributed by atoms with E-state index in [4.69, 9.17) is 5.73 Å². The Hall–Kier alpha value is -0.610. The number of allylic oxidation sites excluding steroid dienone is 3. The van der Waals surface area contributed by atoms with Gasteiger partial charge in [0.25, 0.3) is 0 Å². The molecule has 0 aromatic carbocycles. The average Bonchev–Trinajstić information content (AvgIpc) is 2.28. The van der Waals surface area contributed by atoms with Crippen LogP contribution in [0, 0.1) is 5.92 Å². The molecule has 0 aromatic rings. The van der Waals surface area contributed by atoms with Crippen molar-refractivity contribution in [3.05, 3.63) is 22.6 Å². The van der Waals surface area contributed by atoms with Gasteiger partial charge in [-0.3, -0.25) is 0 Å². The molecule has 0 radical (unpaired) electrons. The Balaban J connectivity index is 2.99. The van der Waals surface area contributed by atoms with Crippen LogP contribution in [0.3, 0.4) is 0 Å². The summed E-state index contributed by atoms with van der Waals surface area (Å²) in [6.45, 7) is 3.84. The van der Waals surface area contributed by atoms with E-state index in [1.165, 1.54) is 12.7 Å². The normalized spacial score (nSPS) is 22.0. The molecule has 104 valence electrons. The van der Waals surface area contributed by atoms with E-state index >= 15 is 0 Å². The van der Waals surface area contributed by atoms with Crippen LogP contribution >= 0.6 is 0 Å². The van der Waals surface area contributed by atoms with E-state index in [2.05, 4.69) is 0 Å². The van der Waals surface area contributed by atoms with Gasteiger partial charge in [-0.25, -0.2) is 8.42 Å². The first kappa shape index (κ1) is 15.4. The van der Waals surface area contributed by atoms with Gasteiger partial charge in [0.1, 0.15) is 0 Å². The van der Waals surface area contributed by atoms with Gasteiger partial charge >= 0.3 is 0 Å². The molecule has 1 aliphatic carbocycles. The Morgan fingerprint density at radius 3 is 2.22 bits per heavy atom. The minimum atomic E-state index is -3.11. The summed E-state index contributed by atoms with van der Waals surface area (Å²) < 4.78 is 23.8. The summed E-state index contributed by atoms with van der Waals surface area (Å²) in [5.41, 5.74) is 6.77. The fourth-order valence-electron chi connectivity index (χ4n) is 2.31. The third-order valence-corrected chi connectivity index (χ3v) is 4.99. The molecular weight excluding hydrogens is 246 g/mol. The summed E-state index contributed by atoms with van der Waals surface area (Å²) in [6.07, 6.45) is 10.4. The summed E-state index contributed by atoms with van der Waals surface area (Å²) in [7, 11) is -3.11. The van der Waals surface area contributed by atoms with Gasteiger partial charge in [-0.1, -0.05) is 30.9 Å². The molecule has 1 atom stereocenters. The molecule has 0 bridgehead atoms. The van der Waals surface area contributed by atoms with E-state index in [0.29, 0.717) is 4.91 Å². The lowest BCUT2D eigenvalue weighted by Crippen LogP contribution is -2.17. The van der Waals surface area contributed by atoms with Crippen LogP contribution in [-0.2, 0) is 9.84 Å². The highest BCUT2D eigenvalue weighted by Crippen LogP contribution is 2.32. The van der Waals surface area contributed by atoms with Gasteiger partial charge in [0.15, 0.2) is 9.84 Å². The van der Waals surface area contributed by atoms with Gasteiger partial charge in [0.05, 0.1) is 0 Å². The topological polar surface area (TPSA) is 60.2 Å². The summed E-state index contributed by atoms with van der Waals surface area (Å²) in [5, 5.41) is 0. The quantitative estimate of drug-likeness (QED) is 0.800. The minimum Gasteiger partial charge on any atom is -0.324 e. The van der Waals surface area contributed by atoms with Crippen molar-refractivity contribution in [2.45, 2.75) is 52.0 Å². The van der Waals surface area contributed by atoms with E-state index < -0.39 is 9.84 Å². The maximum atomic E-state index is 11.9. The Labute approximate surface area is 111 Å². The second-order valence-corrected chi connectivity index (χ2v) is 7.39. The first-order chi connectivity index (χ1) is 8.32. The molecule has 0 spiro atoms. The highest BCUT2D eigenvalue weighted by molar-refractivity contribution is 7.94. The summed E-state index contributed by atoms with van der Waals surface area (Å²) in [5.74, 6) is 0.200. The van der Waals surface area contributed by atoms with E-state index in [1.807, 2.05) is 19.9 Å². The molecule has 1 saturated carbocycles. The molecular formula is C14H25NO2S. The molecule has 1 rings (SSSR count). The maximum Gasteiger partial charge on any atom is 0.171 e. The lowest BCUT2D eigenvalue weighted by Gasteiger charge is -2.23. The molecule has 0 unspecified atom stereocenters. The average molecular weight is 271 g/mol. The van der Waals surface area contributed by atoms with Gasteiger partial charge in [-0.15, -0.1) is 0 Å². The van der Waals surface area contributed by atoms with Crippen molar-refractivity contribution in [2.75, 3.05) is 6.26 Å². The monoisotopic (exact) mass is 271 g/mol. The second-order valence-electron chi connectivity index (χ2n) is 5.38. The molecule has 1 aliphatic rings. The molecule has 0 heterocycles. The molecule has 0 aliphatic heterocycles. The van der Waals surface area contributed by atoms with Crippen LogP contribution in [0.25, 0.3) is 0 Å². The molecule has 0 aromatic heterocycles. The summed E-state index contributed by atoms with van der Waals surface area (Å²) >= 11 is 0. The fraction of sp³-hybridized carbons (Fsp3) is 0.714. The SMILES string of the molecule is C/C(=C\C=C(/C1CCCCC1)S(C)(=O)=O)[C@@H](C)N. The number of sulfone groups is 1. The third kappa shape index (κ3) is 4.58. The fourth-order valence-corrected chi connectivity index (χ4v) is 3.47. The smallest absolute Gasteiger partial charge is 0.171 e. The highest BCUT2D eigenvalue weighted by Gasteiger charge is 2.24. The first-order valence-corrected chi connectivity index (χ1v) is 8.55. The van der Waals surface area contributed by atoms with Crippen molar-refractivity contribution in [3.63, 3.8) is 0 Å². The van der Waals surface area contributed by atoms with Crippen LogP contribution in [-0.4, -0.2) is 20.7 Å². The predicted octanol–water partition coefficient (Wildman–Crippen LogP) is 2.79. The van der Waals surface area contributed by atoms with Crippen LogP contribution in [0.1, 0.15) is 46.0 Å². The van der Waals surface area contributed by atoms with Gasteiger partial charge in [0.2, 0.25) is 0 Å². The minimum absolute atomic E-state index is 0.0339. The van der Waals surface area contributed by atoms with Crippen LogP contribution in [0.5, 0.6) is 0 Å². The van der Waals surface area contributed by atoms with Crippen LogP contribution in [0.15, 0.2) is 22.6 Å². The first-order valence-electron chi connectivity index (χ1n) is 6.66. The lowest BCUT2D eigenvalue weighted by atomic mass is 9.88. The number of nitrogens with two attached hydrogens (primary N) is 1. The zero-order valence-electron chi connectivity index (χ0n) is 11.6. The van der Waals surface area contributed by atoms with Crippen LogP contribution < -0.4 is 5.73 Å². The Bertz CT molecular complexity index is 427. The van der Waals surface area contributed by atoms with Crippen molar-refractivity contribution in [1.29, 1.82) is 0 Å². The van der Waals surface area contributed by atoms with E-state index in [1.54, 1.807) is 6.08 Å². The van der Waals surface area contributed by atoms with Gasteiger partial charge < -0.3 is 5.73 Å². The standard InChI is InChI=1S/C14H25NO2S/c1-11(12(2)15)9-10-14(18(3,16)17)13-7-5-4-6-8-13/h9-10,12-13H,4-8,15H2,1-3H3/b11-9+,14-10+/t12-/m1/s1. The molecule has 3 nitrogen and oxygen atoms in total. The van der Waals surface area contributed by atoms with Crippen LogP contribution in [0.2, 0.25) is 0 Å². The second kappa shape index (κ2) is 6.53. The Kier molecular flexibility index (Phi) is 5.60. The molecule has 0 amide bonds. The van der Waals surface area contributed by atoms with Crippen molar-refractivity contribution in [2.24, 2.45) is 11.7 Å². The lowest BCUT2D eigenvalue weighted by molar-refractivity contribution is 0.411. The maximum absolute atomic E-state index is 11.9. The Morgan fingerprint density at radius 1 is 1.22 bits per heavy atom. The van der Waals surface area contributed by atoms with Crippen LogP contribution in [0.4, 0.5) is 0 Å². The van der Waals surface area contributed by atoms with Crippen molar-refractivity contribution in [1.82, 2.24) is 0 Å². The molecule has 0 saturated heterocycles. The van der Waals surface area contributed by atoms with Crippen molar-refractivity contribution in [3.8, 4) is 0 Å². The van der Waals surface area contributed by atoms with Crippen molar-refractivity contribution >= 4 is 9.84 Å². The number of hydrogen-bond acceptors (Lipinski definition) is 3. The summed E-state index contributed by atoms with van der Waals surface area (Å²) in [6, 6.07) is -0.0339. The van der Waals surface area contributed by atoms with E-state index in [-0.39, 0.29) is 12.0 Å². The van der Waals surface area contributed by atoms with E-state index in [0.717, 1.165) is 31.3 Å². The number of rotatable bonds is 4. The zero-order valence-corrected chi connectivity index (χ0v) is 12.5. The highest BCUT2D eigenvalue weighted by atomic mass is 32.2. The molecule has 18 heavy (non-hydrogen) atoms. The zero-order chi connectivity index (χ0) is 13.8. The van der Waals surface area contributed by atoms with Gasteiger partial charge in [0, 0.05) is 17.2 Å². The molecule has 1 fully saturated rings. The predicted molar refractivity (Wildman–Crippen MR) is 76.9 cm³/mol. The van der Waals surface area contributed by atoms with Gasteiger partial charge in [-0.05, 0) is 38.7 Å². The van der Waals surface area contributed by atoms with E-state index in [9.17, 15) is 8.42 Å². The Morgan fingerprint density at radius 2 is 1.78 bits per heavy atom. The number of hydrogen-bond donors (Lipinski definition) is 1. The third-order valence-electron chi connectivity index (χ3n) is 3.66. The summed E-state index contributed by atoms with van der Waals surface area (Å²) in [4.78, 5) is 0.585. The molecule has 2 N–H and O–H groups in total. The molecule has 4 heteroatoms. The van der Waals surface area contributed by atoms with Gasteiger partial charge in [-0.2, -0.15) is 0 Å².